The molecule has 27 heavy (non-hydrogen) atoms. The van der Waals surface area contributed by atoms with Crippen LogP contribution in [0.5, 0.6) is 11.5 Å². The third-order valence-corrected chi connectivity index (χ3v) is 4.79. The van der Waals surface area contributed by atoms with Gasteiger partial charge >= 0.3 is 6.03 Å². The van der Waals surface area contributed by atoms with Gasteiger partial charge in [-0.2, -0.15) is 0 Å². The van der Waals surface area contributed by atoms with E-state index in [1.165, 1.54) is 0 Å². The number of carbonyl (C=O) groups is 1. The molecule has 1 saturated heterocycles. The first kappa shape index (κ1) is 18.7. The van der Waals surface area contributed by atoms with Crippen molar-refractivity contribution < 1.29 is 14.3 Å². The number of anilines is 3. The Morgan fingerprint density at radius 1 is 1.04 bits per heavy atom. The Morgan fingerprint density at radius 3 is 2.30 bits per heavy atom. The molecule has 0 unspecified atom stereocenters. The number of rotatable bonds is 4. The van der Waals surface area contributed by atoms with Crippen LogP contribution in [0.2, 0.25) is 0 Å². The summed E-state index contributed by atoms with van der Waals surface area (Å²) in [4.78, 5) is 16.8. The van der Waals surface area contributed by atoms with Crippen molar-refractivity contribution in [1.29, 1.82) is 0 Å². The molecule has 0 atom stereocenters. The Morgan fingerprint density at radius 2 is 1.70 bits per heavy atom. The van der Waals surface area contributed by atoms with Crippen molar-refractivity contribution in [2.75, 3.05) is 56.3 Å². The van der Waals surface area contributed by atoms with E-state index in [2.05, 4.69) is 10.2 Å². The SMILES string of the molecule is COc1cc(C)c(NC(=O)N2CCN(c3ccc(N)cc3)CC2)c(OC)c1. The van der Waals surface area contributed by atoms with Crippen molar-refractivity contribution in [2.24, 2.45) is 0 Å². The normalized spacial score (nSPS) is 14.0. The molecule has 2 aromatic carbocycles. The van der Waals surface area contributed by atoms with Gasteiger partial charge in [0.2, 0.25) is 0 Å². The van der Waals surface area contributed by atoms with Gasteiger partial charge in [-0.15, -0.1) is 0 Å². The van der Waals surface area contributed by atoms with Crippen LogP contribution < -0.4 is 25.4 Å². The maximum Gasteiger partial charge on any atom is 0.322 e. The number of piperazine rings is 1. The van der Waals surface area contributed by atoms with Crippen molar-refractivity contribution in [3.63, 3.8) is 0 Å². The van der Waals surface area contributed by atoms with Gasteiger partial charge in [0, 0.05) is 43.6 Å². The number of ether oxygens (including phenoxy) is 2. The summed E-state index contributed by atoms with van der Waals surface area (Å²) in [5.74, 6) is 1.28. The van der Waals surface area contributed by atoms with Crippen LogP contribution in [0.1, 0.15) is 5.56 Å². The number of nitrogens with zero attached hydrogens (tertiary/aromatic N) is 2. The highest BCUT2D eigenvalue weighted by Crippen LogP contribution is 2.33. The number of aryl methyl sites for hydroxylation is 1. The fourth-order valence-corrected chi connectivity index (χ4v) is 3.20. The Labute approximate surface area is 159 Å². The molecule has 0 aromatic heterocycles. The third-order valence-electron chi connectivity index (χ3n) is 4.79. The van der Waals surface area contributed by atoms with Gasteiger partial charge in [0.1, 0.15) is 11.5 Å². The summed E-state index contributed by atoms with van der Waals surface area (Å²) >= 11 is 0. The van der Waals surface area contributed by atoms with Gasteiger partial charge in [-0.25, -0.2) is 4.79 Å². The van der Waals surface area contributed by atoms with Crippen LogP contribution in [0, 0.1) is 6.92 Å². The second-order valence-corrected chi connectivity index (χ2v) is 6.52. The number of urea groups is 1. The van der Waals surface area contributed by atoms with E-state index < -0.39 is 0 Å². The van der Waals surface area contributed by atoms with Crippen LogP contribution in [-0.2, 0) is 0 Å². The smallest absolute Gasteiger partial charge is 0.322 e. The van der Waals surface area contributed by atoms with E-state index in [4.69, 9.17) is 15.2 Å². The van der Waals surface area contributed by atoms with E-state index in [1.54, 1.807) is 20.3 Å². The van der Waals surface area contributed by atoms with Crippen LogP contribution in [0.4, 0.5) is 21.9 Å². The molecule has 1 heterocycles. The highest BCUT2D eigenvalue weighted by Gasteiger charge is 2.23. The molecule has 2 amide bonds. The van der Waals surface area contributed by atoms with E-state index in [-0.39, 0.29) is 6.03 Å². The number of hydrogen-bond donors (Lipinski definition) is 2. The summed E-state index contributed by atoms with van der Waals surface area (Å²) in [6.07, 6.45) is 0. The van der Waals surface area contributed by atoms with Gasteiger partial charge in [0.15, 0.2) is 0 Å². The number of nitrogen functional groups attached to an aromatic ring is 1. The molecular formula is C20H26N4O3. The van der Waals surface area contributed by atoms with Crippen molar-refractivity contribution in [3.8, 4) is 11.5 Å². The molecule has 0 spiro atoms. The molecule has 1 aliphatic heterocycles. The fraction of sp³-hybridized carbons (Fsp3) is 0.350. The molecule has 1 aliphatic rings. The molecular weight excluding hydrogens is 344 g/mol. The minimum Gasteiger partial charge on any atom is -0.497 e. The van der Waals surface area contributed by atoms with E-state index >= 15 is 0 Å². The van der Waals surface area contributed by atoms with E-state index in [9.17, 15) is 4.79 Å². The lowest BCUT2D eigenvalue weighted by Gasteiger charge is -2.36. The molecule has 2 aromatic rings. The molecule has 0 saturated carbocycles. The summed E-state index contributed by atoms with van der Waals surface area (Å²) < 4.78 is 10.7. The predicted molar refractivity (Wildman–Crippen MR) is 108 cm³/mol. The van der Waals surface area contributed by atoms with Gasteiger partial charge in [0.05, 0.1) is 19.9 Å². The summed E-state index contributed by atoms with van der Waals surface area (Å²) in [6.45, 7) is 4.76. The van der Waals surface area contributed by atoms with Crippen molar-refractivity contribution >= 4 is 23.1 Å². The molecule has 144 valence electrons. The zero-order valence-electron chi connectivity index (χ0n) is 16.0. The molecule has 0 aliphatic carbocycles. The van der Waals surface area contributed by atoms with E-state index in [0.717, 1.165) is 30.0 Å². The number of nitrogens with one attached hydrogen (secondary N) is 1. The Hall–Kier alpha value is -3.09. The van der Waals surface area contributed by atoms with Gasteiger partial charge in [-0.05, 0) is 42.8 Å². The maximum atomic E-state index is 12.7. The van der Waals surface area contributed by atoms with Crippen LogP contribution in [0.3, 0.4) is 0 Å². The predicted octanol–water partition coefficient (Wildman–Crippen LogP) is 2.95. The topological polar surface area (TPSA) is 80.1 Å². The monoisotopic (exact) mass is 370 g/mol. The molecule has 0 radical (unpaired) electrons. The lowest BCUT2D eigenvalue weighted by atomic mass is 10.1. The Balaban J connectivity index is 1.64. The minimum absolute atomic E-state index is 0.126. The number of carbonyl (C=O) groups excluding carboxylic acids is 1. The first-order valence-electron chi connectivity index (χ1n) is 8.91. The van der Waals surface area contributed by atoms with Crippen molar-refractivity contribution in [2.45, 2.75) is 6.92 Å². The molecule has 1 fully saturated rings. The highest BCUT2D eigenvalue weighted by molar-refractivity contribution is 5.92. The first-order valence-corrected chi connectivity index (χ1v) is 8.91. The second kappa shape index (κ2) is 8.07. The lowest BCUT2D eigenvalue weighted by molar-refractivity contribution is 0.208. The molecule has 0 bridgehead atoms. The van der Waals surface area contributed by atoms with Gasteiger partial charge in [-0.1, -0.05) is 0 Å². The molecule has 3 N–H and O–H groups in total. The van der Waals surface area contributed by atoms with Gasteiger partial charge in [0.25, 0.3) is 0 Å². The van der Waals surface area contributed by atoms with Gasteiger partial charge in [-0.3, -0.25) is 0 Å². The Kier molecular flexibility index (Phi) is 5.59. The van der Waals surface area contributed by atoms with Crippen LogP contribution in [0.15, 0.2) is 36.4 Å². The zero-order chi connectivity index (χ0) is 19.4. The average molecular weight is 370 g/mol. The Bertz CT molecular complexity index is 800. The summed E-state index contributed by atoms with van der Waals surface area (Å²) in [5, 5.41) is 2.98. The highest BCUT2D eigenvalue weighted by atomic mass is 16.5. The summed E-state index contributed by atoms with van der Waals surface area (Å²) in [7, 11) is 3.18. The number of amides is 2. The third kappa shape index (κ3) is 4.19. The first-order chi connectivity index (χ1) is 13.0. The van der Waals surface area contributed by atoms with Crippen LogP contribution >= 0.6 is 0 Å². The summed E-state index contributed by atoms with van der Waals surface area (Å²) in [6, 6.07) is 11.3. The zero-order valence-corrected chi connectivity index (χ0v) is 16.0. The molecule has 3 rings (SSSR count). The number of benzene rings is 2. The van der Waals surface area contributed by atoms with Crippen molar-refractivity contribution in [1.82, 2.24) is 4.90 Å². The average Bonchev–Trinajstić information content (AvgIpc) is 2.69. The summed E-state index contributed by atoms with van der Waals surface area (Å²) in [5.41, 5.74) is 9.18. The van der Waals surface area contributed by atoms with E-state index in [1.807, 2.05) is 42.2 Å². The van der Waals surface area contributed by atoms with Crippen molar-refractivity contribution in [3.05, 3.63) is 42.0 Å². The molecule has 7 nitrogen and oxygen atoms in total. The standard InChI is InChI=1S/C20H26N4O3/c1-14-12-17(26-2)13-18(27-3)19(14)22-20(25)24-10-8-23(9-11-24)16-6-4-15(21)5-7-16/h4-7,12-13H,8-11,21H2,1-3H3,(H,22,25). The second-order valence-electron chi connectivity index (χ2n) is 6.52. The fourth-order valence-electron chi connectivity index (χ4n) is 3.20. The lowest BCUT2D eigenvalue weighted by Crippen LogP contribution is -2.50. The van der Waals surface area contributed by atoms with E-state index in [0.29, 0.717) is 30.3 Å². The molecule has 7 heteroatoms. The number of hydrogen-bond acceptors (Lipinski definition) is 5. The van der Waals surface area contributed by atoms with Gasteiger partial charge < -0.3 is 30.3 Å². The minimum atomic E-state index is -0.126. The largest absolute Gasteiger partial charge is 0.497 e. The quantitative estimate of drug-likeness (QED) is 0.809. The van der Waals surface area contributed by atoms with Crippen LogP contribution in [0.25, 0.3) is 0 Å². The number of nitrogens with two attached hydrogens (primary N) is 1. The number of methoxy groups -OCH3 is 2. The maximum absolute atomic E-state index is 12.7. The van der Waals surface area contributed by atoms with Crippen LogP contribution in [-0.4, -0.2) is 51.3 Å².